The second-order valence-electron chi connectivity index (χ2n) is 6.73. The van der Waals surface area contributed by atoms with E-state index in [4.69, 9.17) is 0 Å². The van der Waals surface area contributed by atoms with E-state index in [1.165, 1.54) is 18.2 Å². The number of carbonyl (C=O) groups excluding carboxylic acids is 2. The van der Waals surface area contributed by atoms with E-state index in [1.807, 2.05) is 19.1 Å². The molecule has 1 aromatic heterocycles. The van der Waals surface area contributed by atoms with Gasteiger partial charge in [-0.05, 0) is 37.6 Å². The van der Waals surface area contributed by atoms with E-state index >= 15 is 0 Å². The topological polar surface area (TPSA) is 108 Å². The molecule has 0 fully saturated rings. The number of hydrogen-bond acceptors (Lipinski definition) is 4. The molecule has 1 amide bonds. The highest BCUT2D eigenvalue weighted by Crippen LogP contribution is 2.23. The van der Waals surface area contributed by atoms with Gasteiger partial charge in [-0.1, -0.05) is 37.6 Å². The van der Waals surface area contributed by atoms with E-state index in [0.717, 1.165) is 18.4 Å². The first-order valence-electron chi connectivity index (χ1n) is 9.36. The fraction of sp³-hybridized carbons (Fsp3) is 0.238. The molecule has 1 heterocycles. The van der Waals surface area contributed by atoms with Gasteiger partial charge in [0.15, 0.2) is 0 Å². The molecule has 0 radical (unpaired) electrons. The maximum Gasteiger partial charge on any atom is 0.296 e. The number of carbonyl (C=O) groups is 2. The average molecular weight is 413 g/mol. The maximum absolute atomic E-state index is 12.7. The van der Waals surface area contributed by atoms with Crippen molar-refractivity contribution >= 4 is 38.3 Å². The molecule has 0 saturated heterocycles. The lowest BCUT2D eigenvalue weighted by Gasteiger charge is -2.09. The first kappa shape index (κ1) is 20.8. The zero-order valence-corrected chi connectivity index (χ0v) is 17.1. The normalized spacial score (nSPS) is 11.5. The zero-order valence-electron chi connectivity index (χ0n) is 16.3. The Bertz CT molecular complexity index is 1170. The largest absolute Gasteiger partial charge is 0.358 e. The number of fused-ring (bicyclic) bond motifs is 1. The van der Waals surface area contributed by atoms with Crippen molar-refractivity contribution in [2.75, 3.05) is 11.9 Å². The van der Waals surface area contributed by atoms with Gasteiger partial charge >= 0.3 is 0 Å². The lowest BCUT2D eigenvalue weighted by Crippen LogP contribution is -2.25. The van der Waals surface area contributed by atoms with Crippen LogP contribution in [0.25, 0.3) is 10.9 Å². The molecule has 0 atom stereocenters. The molecule has 0 unspecified atom stereocenters. The summed E-state index contributed by atoms with van der Waals surface area (Å²) in [6.45, 7) is 4.04. The van der Waals surface area contributed by atoms with Gasteiger partial charge in [0.25, 0.3) is 11.7 Å². The van der Waals surface area contributed by atoms with Gasteiger partial charge in [0.05, 0.1) is 10.5 Å². The number of amides is 1. The van der Waals surface area contributed by atoms with E-state index in [1.54, 1.807) is 25.1 Å². The van der Waals surface area contributed by atoms with Crippen molar-refractivity contribution < 1.29 is 18.0 Å². The zero-order chi connectivity index (χ0) is 21.0. The number of aromatic amines is 1. The smallest absolute Gasteiger partial charge is 0.296 e. The number of rotatable bonds is 8. The van der Waals surface area contributed by atoms with Crippen LogP contribution in [0.5, 0.6) is 0 Å². The summed E-state index contributed by atoms with van der Waals surface area (Å²) >= 11 is 0. The number of Topliss-reactive ketones (excluding diaryl/α,β-unsaturated/α-hetero) is 1. The van der Waals surface area contributed by atoms with Crippen LogP contribution >= 0.6 is 0 Å². The summed E-state index contributed by atoms with van der Waals surface area (Å²) in [7, 11) is -3.68. The monoisotopic (exact) mass is 413 g/mol. The van der Waals surface area contributed by atoms with Crippen LogP contribution in [-0.2, 0) is 14.8 Å². The van der Waals surface area contributed by atoms with Crippen molar-refractivity contribution in [3.63, 3.8) is 0 Å². The Labute approximate surface area is 169 Å². The van der Waals surface area contributed by atoms with Gasteiger partial charge in [0.2, 0.25) is 10.0 Å². The summed E-state index contributed by atoms with van der Waals surface area (Å²) in [6.07, 6.45) is 1.60. The molecule has 0 saturated carbocycles. The molecule has 29 heavy (non-hydrogen) atoms. The summed E-state index contributed by atoms with van der Waals surface area (Å²) in [4.78, 5) is 28.4. The number of anilines is 1. The van der Waals surface area contributed by atoms with Crippen LogP contribution in [0.4, 0.5) is 5.69 Å². The van der Waals surface area contributed by atoms with Crippen molar-refractivity contribution in [1.29, 1.82) is 0 Å². The molecule has 8 heteroatoms. The van der Waals surface area contributed by atoms with Crippen molar-refractivity contribution in [3.8, 4) is 0 Å². The molecule has 0 spiro atoms. The fourth-order valence-corrected chi connectivity index (χ4v) is 4.20. The van der Waals surface area contributed by atoms with Crippen LogP contribution in [0.2, 0.25) is 0 Å². The quantitative estimate of drug-likeness (QED) is 0.299. The summed E-state index contributed by atoms with van der Waals surface area (Å²) in [6, 6.07) is 13.1. The second-order valence-corrected chi connectivity index (χ2v) is 8.50. The van der Waals surface area contributed by atoms with Crippen LogP contribution in [0, 0.1) is 6.92 Å². The summed E-state index contributed by atoms with van der Waals surface area (Å²) in [5, 5.41) is 3.18. The number of H-pyrrole nitrogens is 1. The molecule has 152 valence electrons. The number of aryl methyl sites for hydroxylation is 1. The van der Waals surface area contributed by atoms with Crippen molar-refractivity contribution in [2.24, 2.45) is 0 Å². The molecule has 3 N–H and O–H groups in total. The third kappa shape index (κ3) is 4.55. The minimum atomic E-state index is -3.68. The second kappa shape index (κ2) is 8.59. The summed E-state index contributed by atoms with van der Waals surface area (Å²) < 4.78 is 27.2. The summed E-state index contributed by atoms with van der Waals surface area (Å²) in [5.74, 6) is -1.51. The Morgan fingerprint density at radius 1 is 1.07 bits per heavy atom. The van der Waals surface area contributed by atoms with E-state index in [0.29, 0.717) is 23.2 Å². The van der Waals surface area contributed by atoms with E-state index in [2.05, 4.69) is 15.0 Å². The van der Waals surface area contributed by atoms with E-state index < -0.39 is 21.7 Å². The summed E-state index contributed by atoms with van der Waals surface area (Å²) in [5.41, 5.74) is 1.91. The van der Waals surface area contributed by atoms with Crippen molar-refractivity contribution in [2.45, 2.75) is 31.6 Å². The van der Waals surface area contributed by atoms with E-state index in [-0.39, 0.29) is 10.6 Å². The number of unbranched alkanes of at least 4 members (excludes halogenated alkanes) is 1. The van der Waals surface area contributed by atoms with Crippen LogP contribution < -0.4 is 10.0 Å². The number of sulfonamides is 1. The number of nitrogens with one attached hydrogen (secondary N) is 3. The maximum atomic E-state index is 12.7. The molecule has 3 aromatic rings. The lowest BCUT2D eigenvalue weighted by atomic mass is 10.1. The molecule has 7 nitrogen and oxygen atoms in total. The molecule has 0 bridgehead atoms. The van der Waals surface area contributed by atoms with Gasteiger partial charge in [-0.15, -0.1) is 0 Å². The Balaban J connectivity index is 1.80. The van der Waals surface area contributed by atoms with Gasteiger partial charge in [-0.2, -0.15) is 0 Å². The highest BCUT2D eigenvalue weighted by Gasteiger charge is 2.23. The number of aromatic nitrogens is 1. The first-order valence-corrected chi connectivity index (χ1v) is 10.8. The minimum absolute atomic E-state index is 0.0297. The lowest BCUT2D eigenvalue weighted by molar-refractivity contribution is -0.112. The van der Waals surface area contributed by atoms with Crippen LogP contribution in [0.1, 0.15) is 35.8 Å². The number of ketones is 1. The van der Waals surface area contributed by atoms with Crippen LogP contribution in [-0.4, -0.2) is 31.6 Å². The number of hydrogen-bond donors (Lipinski definition) is 3. The standard InChI is InChI=1S/C21H23N3O4S/c1-3-4-12-22-29(27,28)16-9-7-8-15(13-16)24-21(26)20(25)19-14(2)23-18-11-6-5-10-17(18)19/h5-11,13,22-23H,3-4,12H2,1-2H3,(H,24,26). The molecule has 0 aliphatic carbocycles. The van der Waals surface area contributed by atoms with Gasteiger partial charge in [0, 0.05) is 28.8 Å². The molecule has 0 aliphatic rings. The Morgan fingerprint density at radius 2 is 1.83 bits per heavy atom. The third-order valence-electron chi connectivity index (χ3n) is 4.55. The van der Waals surface area contributed by atoms with Gasteiger partial charge < -0.3 is 10.3 Å². The molecular weight excluding hydrogens is 390 g/mol. The van der Waals surface area contributed by atoms with Crippen molar-refractivity contribution in [1.82, 2.24) is 9.71 Å². The van der Waals surface area contributed by atoms with Crippen LogP contribution in [0.3, 0.4) is 0 Å². The Kier molecular flexibility index (Phi) is 6.14. The molecule has 0 aliphatic heterocycles. The average Bonchev–Trinajstić information content (AvgIpc) is 3.03. The van der Waals surface area contributed by atoms with Crippen LogP contribution in [0.15, 0.2) is 53.4 Å². The minimum Gasteiger partial charge on any atom is -0.358 e. The van der Waals surface area contributed by atoms with Gasteiger partial charge in [-0.3, -0.25) is 9.59 Å². The highest BCUT2D eigenvalue weighted by atomic mass is 32.2. The SMILES string of the molecule is CCCCNS(=O)(=O)c1cccc(NC(=O)C(=O)c2c(C)[nH]c3ccccc23)c1. The number of benzene rings is 2. The predicted molar refractivity (Wildman–Crippen MR) is 113 cm³/mol. The van der Waals surface area contributed by atoms with Gasteiger partial charge in [-0.25, -0.2) is 13.1 Å². The fourth-order valence-electron chi connectivity index (χ4n) is 3.08. The predicted octanol–water partition coefficient (Wildman–Crippen LogP) is 3.38. The molecular formula is C21H23N3O4S. The number of para-hydroxylation sites is 1. The third-order valence-corrected chi connectivity index (χ3v) is 6.01. The Morgan fingerprint density at radius 3 is 2.59 bits per heavy atom. The van der Waals surface area contributed by atoms with E-state index in [9.17, 15) is 18.0 Å². The van der Waals surface area contributed by atoms with Crippen molar-refractivity contribution in [3.05, 3.63) is 59.8 Å². The Hall–Kier alpha value is -2.97. The molecule has 2 aromatic carbocycles. The molecule has 3 rings (SSSR count). The van der Waals surface area contributed by atoms with Gasteiger partial charge in [0.1, 0.15) is 0 Å². The first-order chi connectivity index (χ1) is 13.8. The highest BCUT2D eigenvalue weighted by molar-refractivity contribution is 7.89.